The minimum absolute atomic E-state index is 0.0158. The van der Waals surface area contributed by atoms with Gasteiger partial charge in [0, 0.05) is 37.0 Å². The minimum atomic E-state index is -1.10. The number of halogens is 2. The molecular formula is C31H32F2N6O3S. The molecule has 0 bridgehead atoms. The highest BCUT2D eigenvalue weighted by molar-refractivity contribution is 7.98. The SMILES string of the molecule is CSc1cc(F)cc(C2CC(F)CN2c2ccc3ncc(C(=O)NC4CCN(Cc5cccc(CC(=O)O)c5)C4)n3n2)c1. The van der Waals surface area contributed by atoms with Gasteiger partial charge in [-0.15, -0.1) is 16.9 Å². The normalized spacial score (nSPS) is 20.6. The van der Waals surface area contributed by atoms with Gasteiger partial charge in [0.25, 0.3) is 5.91 Å². The summed E-state index contributed by atoms with van der Waals surface area (Å²) in [5.74, 6) is -1.04. The molecule has 43 heavy (non-hydrogen) atoms. The number of aliphatic carboxylic acids is 1. The molecule has 1 amide bonds. The predicted octanol–water partition coefficient (Wildman–Crippen LogP) is 4.51. The second-order valence-electron chi connectivity index (χ2n) is 11.1. The van der Waals surface area contributed by atoms with Gasteiger partial charge in [-0.05, 0) is 59.7 Å². The fraction of sp³-hybridized carbons (Fsp3) is 0.355. The van der Waals surface area contributed by atoms with Crippen molar-refractivity contribution in [3.05, 3.63) is 89.0 Å². The molecule has 2 fully saturated rings. The van der Waals surface area contributed by atoms with Gasteiger partial charge in [-0.25, -0.2) is 18.3 Å². The largest absolute Gasteiger partial charge is 0.481 e. The number of fused-ring (bicyclic) bond motifs is 1. The molecule has 2 aliphatic rings. The first-order chi connectivity index (χ1) is 20.7. The fourth-order valence-electron chi connectivity index (χ4n) is 6.04. The molecule has 0 saturated carbocycles. The highest BCUT2D eigenvalue weighted by Crippen LogP contribution is 2.38. The Morgan fingerprint density at radius 1 is 1.12 bits per heavy atom. The summed E-state index contributed by atoms with van der Waals surface area (Å²) < 4.78 is 30.5. The van der Waals surface area contributed by atoms with E-state index in [1.807, 2.05) is 41.5 Å². The number of aromatic nitrogens is 3. The number of rotatable bonds is 9. The molecule has 0 spiro atoms. The van der Waals surface area contributed by atoms with Crippen molar-refractivity contribution in [1.82, 2.24) is 24.8 Å². The number of hydrogen-bond donors (Lipinski definition) is 2. The number of nitrogens with zero attached hydrogens (tertiary/aromatic N) is 5. The molecule has 2 N–H and O–H groups in total. The summed E-state index contributed by atoms with van der Waals surface area (Å²) in [5.41, 5.74) is 3.25. The van der Waals surface area contributed by atoms with Crippen LogP contribution in [0.3, 0.4) is 0 Å². The number of alkyl halides is 1. The fourth-order valence-corrected chi connectivity index (χ4v) is 6.53. The molecule has 9 nitrogen and oxygen atoms in total. The van der Waals surface area contributed by atoms with E-state index in [-0.39, 0.29) is 42.8 Å². The lowest BCUT2D eigenvalue weighted by Gasteiger charge is -2.26. The Bertz CT molecular complexity index is 1670. The zero-order chi connectivity index (χ0) is 30.1. The number of amides is 1. The van der Waals surface area contributed by atoms with E-state index in [0.29, 0.717) is 30.1 Å². The standard InChI is InChI=1S/C31H32F2N6O3S/c1-43-25-12-21(11-22(32)13-25)26-14-23(33)17-38(26)29-6-5-28-34-15-27(39(28)36-29)31(42)35-24-7-8-37(18-24)16-20-4-2-3-19(9-20)10-30(40)41/h2-6,9,11-13,15,23-24,26H,7-8,10,14,16-18H2,1H3,(H,35,42)(H,40,41). The second-order valence-corrected chi connectivity index (χ2v) is 12.0. The lowest BCUT2D eigenvalue weighted by molar-refractivity contribution is -0.136. The van der Waals surface area contributed by atoms with E-state index in [4.69, 9.17) is 5.11 Å². The molecule has 4 aromatic rings. The number of carbonyl (C=O) groups is 2. The number of carbonyl (C=O) groups excluding carboxylic acids is 1. The molecule has 224 valence electrons. The zero-order valence-corrected chi connectivity index (χ0v) is 24.4. The summed E-state index contributed by atoms with van der Waals surface area (Å²) in [5, 5.41) is 16.9. The van der Waals surface area contributed by atoms with Crippen molar-refractivity contribution in [3.8, 4) is 0 Å². The van der Waals surface area contributed by atoms with Crippen LogP contribution in [0.5, 0.6) is 0 Å². The average Bonchev–Trinajstić information content (AvgIpc) is 3.70. The Labute approximate surface area is 251 Å². The lowest BCUT2D eigenvalue weighted by Crippen LogP contribution is -2.37. The van der Waals surface area contributed by atoms with Crippen molar-refractivity contribution in [2.75, 3.05) is 30.8 Å². The van der Waals surface area contributed by atoms with Crippen LogP contribution in [0.25, 0.3) is 5.65 Å². The highest BCUT2D eigenvalue weighted by Gasteiger charge is 2.35. The predicted molar refractivity (Wildman–Crippen MR) is 160 cm³/mol. The molecule has 0 aliphatic carbocycles. The third kappa shape index (κ3) is 6.50. The molecule has 2 aromatic carbocycles. The minimum Gasteiger partial charge on any atom is -0.481 e. The summed E-state index contributed by atoms with van der Waals surface area (Å²) >= 11 is 1.43. The van der Waals surface area contributed by atoms with Crippen molar-refractivity contribution in [1.29, 1.82) is 0 Å². The first-order valence-corrected chi connectivity index (χ1v) is 15.4. The molecule has 3 unspecified atom stereocenters. The van der Waals surface area contributed by atoms with Crippen LogP contribution in [-0.4, -0.2) is 74.6 Å². The Morgan fingerprint density at radius 2 is 1.95 bits per heavy atom. The number of anilines is 1. The van der Waals surface area contributed by atoms with Gasteiger partial charge in [-0.1, -0.05) is 24.3 Å². The van der Waals surface area contributed by atoms with Crippen molar-refractivity contribution < 1.29 is 23.5 Å². The van der Waals surface area contributed by atoms with Crippen LogP contribution in [-0.2, 0) is 17.8 Å². The van der Waals surface area contributed by atoms with Crippen LogP contribution in [0.2, 0.25) is 0 Å². The van der Waals surface area contributed by atoms with Crippen LogP contribution < -0.4 is 10.2 Å². The third-order valence-electron chi connectivity index (χ3n) is 8.00. The van der Waals surface area contributed by atoms with Gasteiger partial charge in [0.05, 0.1) is 25.2 Å². The monoisotopic (exact) mass is 606 g/mol. The molecule has 2 aromatic heterocycles. The number of carboxylic acids is 1. The smallest absolute Gasteiger partial charge is 0.307 e. The lowest BCUT2D eigenvalue weighted by atomic mass is 10.0. The van der Waals surface area contributed by atoms with Crippen LogP contribution in [0.4, 0.5) is 14.6 Å². The molecule has 4 heterocycles. The number of hydrogen-bond acceptors (Lipinski definition) is 7. The Balaban J connectivity index is 1.15. The zero-order valence-electron chi connectivity index (χ0n) is 23.6. The topological polar surface area (TPSA) is 103 Å². The third-order valence-corrected chi connectivity index (χ3v) is 8.71. The van der Waals surface area contributed by atoms with Crippen LogP contribution in [0.1, 0.15) is 46.1 Å². The van der Waals surface area contributed by atoms with Crippen molar-refractivity contribution >= 4 is 35.1 Å². The van der Waals surface area contributed by atoms with Gasteiger partial charge in [-0.2, -0.15) is 0 Å². The maximum Gasteiger partial charge on any atom is 0.307 e. The molecule has 6 rings (SSSR count). The first-order valence-electron chi connectivity index (χ1n) is 14.2. The van der Waals surface area contributed by atoms with Gasteiger partial charge in [0.1, 0.15) is 17.8 Å². The van der Waals surface area contributed by atoms with E-state index in [1.165, 1.54) is 34.6 Å². The van der Waals surface area contributed by atoms with Crippen LogP contribution >= 0.6 is 11.8 Å². The van der Waals surface area contributed by atoms with Crippen molar-refractivity contribution in [3.63, 3.8) is 0 Å². The van der Waals surface area contributed by atoms with E-state index in [9.17, 15) is 18.4 Å². The summed E-state index contributed by atoms with van der Waals surface area (Å²) in [6, 6.07) is 15.4. The van der Waals surface area contributed by atoms with E-state index in [2.05, 4.69) is 20.3 Å². The summed E-state index contributed by atoms with van der Waals surface area (Å²) in [6.45, 7) is 2.23. The number of imidazole rings is 1. The van der Waals surface area contributed by atoms with E-state index >= 15 is 0 Å². The average molecular weight is 607 g/mol. The maximum absolute atomic E-state index is 14.7. The quantitative estimate of drug-likeness (QED) is 0.269. The van der Waals surface area contributed by atoms with Crippen LogP contribution in [0, 0.1) is 5.82 Å². The van der Waals surface area contributed by atoms with Gasteiger partial charge >= 0.3 is 5.97 Å². The first kappa shape index (κ1) is 29.1. The van der Waals surface area contributed by atoms with E-state index in [0.717, 1.165) is 29.0 Å². The van der Waals surface area contributed by atoms with Gasteiger partial charge in [0.15, 0.2) is 11.3 Å². The number of benzene rings is 2. The molecule has 12 heteroatoms. The van der Waals surface area contributed by atoms with Crippen LogP contribution in [0.15, 0.2) is 65.7 Å². The Hall–Kier alpha value is -4.03. The van der Waals surface area contributed by atoms with E-state index < -0.39 is 18.2 Å². The number of likely N-dealkylation sites (tertiary alicyclic amines) is 1. The highest BCUT2D eigenvalue weighted by atomic mass is 32.2. The molecule has 2 aliphatic heterocycles. The number of nitrogens with one attached hydrogen (secondary N) is 1. The van der Waals surface area contributed by atoms with Gasteiger partial charge < -0.3 is 15.3 Å². The molecule has 0 radical (unpaired) electrons. The van der Waals surface area contributed by atoms with E-state index in [1.54, 1.807) is 12.1 Å². The summed E-state index contributed by atoms with van der Waals surface area (Å²) in [7, 11) is 0. The van der Waals surface area contributed by atoms with Crippen molar-refractivity contribution in [2.24, 2.45) is 0 Å². The number of thioether (sulfide) groups is 1. The summed E-state index contributed by atoms with van der Waals surface area (Å²) in [4.78, 5) is 33.6. The van der Waals surface area contributed by atoms with Gasteiger partial charge in [0.2, 0.25) is 0 Å². The van der Waals surface area contributed by atoms with Crippen molar-refractivity contribution in [2.45, 2.75) is 49.0 Å². The van der Waals surface area contributed by atoms with Gasteiger partial charge in [-0.3, -0.25) is 14.5 Å². The maximum atomic E-state index is 14.7. The molecule has 2 saturated heterocycles. The summed E-state index contributed by atoms with van der Waals surface area (Å²) in [6.07, 6.45) is 3.23. The second kappa shape index (κ2) is 12.3. The molecule has 3 atom stereocenters. The Morgan fingerprint density at radius 3 is 2.77 bits per heavy atom. The number of carboxylic acid groups (broad SMARTS) is 1. The Kier molecular flexibility index (Phi) is 8.31. The molecular weight excluding hydrogens is 574 g/mol.